The third-order valence-electron chi connectivity index (χ3n) is 0.676. The monoisotopic (exact) mass is 131 g/mol. The second kappa shape index (κ2) is 7.59. The van der Waals surface area contributed by atoms with E-state index in [1.54, 1.807) is 6.29 Å². The molecule has 0 aromatic carbocycles. The molecular weight excluding hydrogens is 120 g/mol. The highest BCUT2D eigenvalue weighted by Crippen LogP contribution is 1.79. The van der Waals surface area contributed by atoms with Gasteiger partial charge in [-0.3, -0.25) is 4.79 Å². The Hall–Kier alpha value is -0.410. The third-order valence-corrected chi connectivity index (χ3v) is 0.676. The molecule has 0 amide bonds. The maximum atomic E-state index is 9.53. The molecule has 0 unspecified atom stereocenters. The van der Waals surface area contributed by atoms with Crippen LogP contribution >= 0.6 is 0 Å². The predicted octanol–water partition coefficient (Wildman–Crippen LogP) is 0.497. The van der Waals surface area contributed by atoms with Gasteiger partial charge in [-0.05, 0) is 6.42 Å². The lowest BCUT2D eigenvalue weighted by molar-refractivity contribution is -0.0402. The zero-order valence-corrected chi connectivity index (χ0v) is 5.55. The molecule has 0 aliphatic carbocycles. The Morgan fingerprint density at radius 3 is 2.78 bits per heavy atom. The van der Waals surface area contributed by atoms with Crippen LogP contribution in [0.4, 0.5) is 0 Å². The molecule has 0 aromatic heterocycles. The van der Waals surface area contributed by atoms with E-state index in [2.05, 4.69) is 4.74 Å². The Morgan fingerprint density at radius 2 is 2.22 bits per heavy atom. The van der Waals surface area contributed by atoms with Crippen LogP contribution in [0.2, 0.25) is 0 Å². The molecule has 3 nitrogen and oxygen atoms in total. The SMILES string of the molecule is CCCOCOC[C]=O. The molecule has 0 spiro atoms. The fourth-order valence-electron chi connectivity index (χ4n) is 0.346. The van der Waals surface area contributed by atoms with Crippen molar-refractivity contribution in [2.45, 2.75) is 13.3 Å². The lowest BCUT2D eigenvalue weighted by Crippen LogP contribution is -2.02. The summed E-state index contributed by atoms with van der Waals surface area (Å²) in [6, 6.07) is 0. The lowest BCUT2D eigenvalue weighted by atomic mass is 10.5. The van der Waals surface area contributed by atoms with Crippen molar-refractivity contribution in [1.29, 1.82) is 0 Å². The summed E-state index contributed by atoms with van der Waals surface area (Å²) < 4.78 is 9.52. The van der Waals surface area contributed by atoms with Gasteiger partial charge in [-0.1, -0.05) is 6.92 Å². The number of ether oxygens (including phenoxy) is 2. The number of hydrogen-bond donors (Lipinski definition) is 0. The first-order valence-electron chi connectivity index (χ1n) is 2.92. The molecular formula is C6H11O3. The first-order chi connectivity index (χ1) is 4.41. The summed E-state index contributed by atoms with van der Waals surface area (Å²) in [5.74, 6) is 0. The summed E-state index contributed by atoms with van der Waals surface area (Å²) >= 11 is 0. The highest BCUT2D eigenvalue weighted by Gasteiger charge is 1.84. The van der Waals surface area contributed by atoms with E-state index in [-0.39, 0.29) is 13.4 Å². The van der Waals surface area contributed by atoms with E-state index in [1.165, 1.54) is 0 Å². The molecule has 0 fully saturated rings. The first kappa shape index (κ1) is 8.59. The Labute approximate surface area is 55.0 Å². The maximum Gasteiger partial charge on any atom is 0.226 e. The van der Waals surface area contributed by atoms with Gasteiger partial charge in [0.2, 0.25) is 6.29 Å². The topological polar surface area (TPSA) is 35.5 Å². The molecule has 0 saturated carbocycles. The fraction of sp³-hybridized carbons (Fsp3) is 0.833. The lowest BCUT2D eigenvalue weighted by Gasteiger charge is -1.98. The van der Waals surface area contributed by atoms with E-state index >= 15 is 0 Å². The van der Waals surface area contributed by atoms with Crippen LogP contribution in [0.5, 0.6) is 0 Å². The molecule has 0 atom stereocenters. The van der Waals surface area contributed by atoms with E-state index in [4.69, 9.17) is 4.74 Å². The number of hydrogen-bond acceptors (Lipinski definition) is 3. The van der Waals surface area contributed by atoms with Crippen LogP contribution in [0.3, 0.4) is 0 Å². The molecule has 9 heavy (non-hydrogen) atoms. The average molecular weight is 131 g/mol. The summed E-state index contributed by atoms with van der Waals surface area (Å²) in [4.78, 5) is 9.53. The zero-order chi connectivity index (χ0) is 6.95. The molecule has 0 aliphatic rings. The van der Waals surface area contributed by atoms with Crippen LogP contribution < -0.4 is 0 Å². The van der Waals surface area contributed by atoms with E-state index in [1.807, 2.05) is 6.92 Å². The van der Waals surface area contributed by atoms with Gasteiger partial charge in [0.15, 0.2) is 0 Å². The Balaban J connectivity index is 2.66. The van der Waals surface area contributed by atoms with Gasteiger partial charge in [0.1, 0.15) is 13.4 Å². The maximum absolute atomic E-state index is 9.53. The minimum atomic E-state index is 0.00368. The summed E-state index contributed by atoms with van der Waals surface area (Å²) in [5, 5.41) is 0. The highest BCUT2D eigenvalue weighted by atomic mass is 16.7. The summed E-state index contributed by atoms with van der Waals surface area (Å²) in [5.41, 5.74) is 0. The normalized spacial score (nSPS) is 9.44. The van der Waals surface area contributed by atoms with Crippen molar-refractivity contribution in [3.8, 4) is 0 Å². The van der Waals surface area contributed by atoms with Gasteiger partial charge in [0.05, 0.1) is 0 Å². The van der Waals surface area contributed by atoms with Crippen LogP contribution in [-0.2, 0) is 14.3 Å². The largest absolute Gasteiger partial charge is 0.355 e. The standard InChI is InChI=1S/C6H11O3/c1-2-4-8-6-9-5-3-7/h2,4-6H2,1H3. The summed E-state index contributed by atoms with van der Waals surface area (Å²) in [6.45, 7) is 2.89. The minimum Gasteiger partial charge on any atom is -0.355 e. The number of carbonyl (C=O) groups excluding carboxylic acids is 1. The first-order valence-corrected chi connectivity index (χ1v) is 2.92. The molecule has 0 heterocycles. The van der Waals surface area contributed by atoms with Gasteiger partial charge >= 0.3 is 0 Å². The molecule has 0 aliphatic heterocycles. The van der Waals surface area contributed by atoms with Crippen LogP contribution in [-0.4, -0.2) is 26.3 Å². The highest BCUT2D eigenvalue weighted by molar-refractivity contribution is 5.51. The molecule has 0 N–H and O–H groups in total. The van der Waals surface area contributed by atoms with Crippen molar-refractivity contribution in [2.75, 3.05) is 20.0 Å². The van der Waals surface area contributed by atoms with Crippen LogP contribution in [0.15, 0.2) is 0 Å². The van der Waals surface area contributed by atoms with E-state index in [0.717, 1.165) is 6.42 Å². The molecule has 0 bridgehead atoms. The smallest absolute Gasteiger partial charge is 0.226 e. The molecule has 0 rings (SSSR count). The van der Waals surface area contributed by atoms with Gasteiger partial charge < -0.3 is 9.47 Å². The van der Waals surface area contributed by atoms with E-state index < -0.39 is 0 Å². The van der Waals surface area contributed by atoms with Crippen LogP contribution in [0, 0.1) is 0 Å². The van der Waals surface area contributed by atoms with Crippen molar-refractivity contribution < 1.29 is 14.3 Å². The van der Waals surface area contributed by atoms with Crippen molar-refractivity contribution >= 4 is 6.29 Å². The van der Waals surface area contributed by atoms with Gasteiger partial charge in [0, 0.05) is 6.61 Å². The van der Waals surface area contributed by atoms with E-state index in [0.29, 0.717) is 6.61 Å². The van der Waals surface area contributed by atoms with Gasteiger partial charge in [0.25, 0.3) is 0 Å². The second-order valence-corrected chi connectivity index (χ2v) is 1.52. The van der Waals surface area contributed by atoms with Crippen molar-refractivity contribution in [1.82, 2.24) is 0 Å². The van der Waals surface area contributed by atoms with Gasteiger partial charge in [-0.25, -0.2) is 0 Å². The molecule has 0 aromatic rings. The van der Waals surface area contributed by atoms with Crippen molar-refractivity contribution in [3.63, 3.8) is 0 Å². The predicted molar refractivity (Wildman–Crippen MR) is 32.8 cm³/mol. The van der Waals surface area contributed by atoms with E-state index in [9.17, 15) is 4.79 Å². The molecule has 0 saturated heterocycles. The Bertz CT molecular complexity index is 63.3. The second-order valence-electron chi connectivity index (χ2n) is 1.52. The summed E-state index contributed by atoms with van der Waals surface area (Å²) in [6.07, 6.45) is 2.56. The molecule has 1 radical (unpaired) electrons. The van der Waals surface area contributed by atoms with Gasteiger partial charge in [-0.2, -0.15) is 0 Å². The van der Waals surface area contributed by atoms with Crippen LogP contribution in [0.1, 0.15) is 13.3 Å². The zero-order valence-electron chi connectivity index (χ0n) is 5.55. The molecule has 3 heteroatoms. The van der Waals surface area contributed by atoms with Gasteiger partial charge in [-0.15, -0.1) is 0 Å². The quantitative estimate of drug-likeness (QED) is 0.389. The Kier molecular flexibility index (Phi) is 7.24. The van der Waals surface area contributed by atoms with Crippen LogP contribution in [0.25, 0.3) is 0 Å². The fourth-order valence-corrected chi connectivity index (χ4v) is 0.346. The molecule has 53 valence electrons. The summed E-state index contributed by atoms with van der Waals surface area (Å²) in [7, 11) is 0. The van der Waals surface area contributed by atoms with Crippen molar-refractivity contribution in [2.24, 2.45) is 0 Å². The van der Waals surface area contributed by atoms with Crippen molar-refractivity contribution in [3.05, 3.63) is 0 Å². The number of rotatable bonds is 6. The average Bonchev–Trinajstić information content (AvgIpc) is 1.89. The minimum absolute atomic E-state index is 0.00368. The Morgan fingerprint density at radius 1 is 1.44 bits per heavy atom. The third kappa shape index (κ3) is 7.59.